The van der Waals surface area contributed by atoms with Crippen LogP contribution < -0.4 is 15.4 Å². The van der Waals surface area contributed by atoms with E-state index in [1.807, 2.05) is 6.20 Å². The predicted octanol–water partition coefficient (Wildman–Crippen LogP) is 2.18. The summed E-state index contributed by atoms with van der Waals surface area (Å²) in [6.07, 6.45) is 8.72. The van der Waals surface area contributed by atoms with Crippen LogP contribution in [0.2, 0.25) is 0 Å². The lowest BCUT2D eigenvalue weighted by atomic mass is 10.1. The Hall–Kier alpha value is -2.81. The Morgan fingerprint density at radius 3 is 2.89 bits per heavy atom. The molecule has 2 N–H and O–H groups in total. The summed E-state index contributed by atoms with van der Waals surface area (Å²) in [5.41, 5.74) is 3.13. The van der Waals surface area contributed by atoms with Gasteiger partial charge in [0.2, 0.25) is 0 Å². The number of hydrogen-bond donors (Lipinski definition) is 2. The molecule has 0 bridgehead atoms. The Kier molecular flexibility index (Phi) is 4.31. The van der Waals surface area contributed by atoms with Crippen LogP contribution in [-0.4, -0.2) is 57.0 Å². The number of alkyl halides is 1. The normalized spacial score (nSPS) is 22.4. The van der Waals surface area contributed by atoms with Crippen LogP contribution in [0.5, 0.6) is 5.75 Å². The van der Waals surface area contributed by atoms with Crippen LogP contribution in [0.25, 0.3) is 16.9 Å². The molecule has 146 valence electrons. The fourth-order valence-corrected chi connectivity index (χ4v) is 3.62. The zero-order chi connectivity index (χ0) is 19.1. The molecule has 2 fully saturated rings. The molecule has 0 amide bonds. The summed E-state index contributed by atoms with van der Waals surface area (Å²) < 4.78 is 21.3. The van der Waals surface area contributed by atoms with Gasteiger partial charge in [-0.1, -0.05) is 0 Å². The first kappa shape index (κ1) is 17.3. The number of halogens is 1. The summed E-state index contributed by atoms with van der Waals surface area (Å²) in [4.78, 5) is 13.7. The Balaban J connectivity index is 1.49. The van der Waals surface area contributed by atoms with E-state index in [1.165, 1.54) is 0 Å². The van der Waals surface area contributed by atoms with Gasteiger partial charge in [-0.15, -0.1) is 0 Å². The molecular weight excluding hydrogens is 361 g/mol. The molecule has 1 saturated carbocycles. The van der Waals surface area contributed by atoms with Crippen LogP contribution in [0.3, 0.4) is 0 Å². The van der Waals surface area contributed by atoms with Crippen molar-refractivity contribution in [2.75, 3.05) is 25.5 Å². The highest BCUT2D eigenvalue weighted by molar-refractivity contribution is 5.75. The van der Waals surface area contributed by atoms with E-state index in [2.05, 4.69) is 25.7 Å². The van der Waals surface area contributed by atoms with Gasteiger partial charge in [0.05, 0.1) is 54.9 Å². The van der Waals surface area contributed by atoms with E-state index in [9.17, 15) is 4.39 Å². The minimum Gasteiger partial charge on any atom is -0.493 e. The quantitative estimate of drug-likeness (QED) is 0.698. The first-order valence-corrected chi connectivity index (χ1v) is 9.59. The van der Waals surface area contributed by atoms with Gasteiger partial charge in [0.25, 0.3) is 0 Å². The molecule has 1 aliphatic heterocycles. The molecule has 28 heavy (non-hydrogen) atoms. The predicted molar refractivity (Wildman–Crippen MR) is 102 cm³/mol. The van der Waals surface area contributed by atoms with Crippen molar-refractivity contribution >= 4 is 11.5 Å². The second-order valence-electron chi connectivity index (χ2n) is 7.34. The zero-order valence-corrected chi connectivity index (χ0v) is 15.6. The number of methoxy groups -OCH3 is 1. The minimum absolute atomic E-state index is 0.314. The number of piperidine rings is 1. The third-order valence-corrected chi connectivity index (χ3v) is 5.31. The van der Waals surface area contributed by atoms with Crippen LogP contribution in [0.4, 0.5) is 10.2 Å². The van der Waals surface area contributed by atoms with E-state index >= 15 is 0 Å². The van der Waals surface area contributed by atoms with Gasteiger partial charge in [0.1, 0.15) is 12.0 Å². The van der Waals surface area contributed by atoms with Crippen molar-refractivity contribution < 1.29 is 9.13 Å². The molecule has 2 aliphatic rings. The average Bonchev–Trinajstić information content (AvgIpc) is 3.48. The number of anilines is 1. The third-order valence-electron chi connectivity index (χ3n) is 5.31. The molecule has 3 aromatic rings. The topological polar surface area (TPSA) is 89.3 Å². The number of nitrogens with one attached hydrogen (secondary N) is 2. The van der Waals surface area contributed by atoms with Crippen LogP contribution >= 0.6 is 0 Å². The molecule has 8 nitrogen and oxygen atoms in total. The van der Waals surface area contributed by atoms with Gasteiger partial charge in [0.15, 0.2) is 11.4 Å². The van der Waals surface area contributed by atoms with Crippen molar-refractivity contribution in [2.24, 2.45) is 0 Å². The second kappa shape index (κ2) is 6.97. The van der Waals surface area contributed by atoms with E-state index in [1.54, 1.807) is 30.2 Å². The van der Waals surface area contributed by atoms with E-state index in [0.717, 1.165) is 35.5 Å². The molecule has 4 heterocycles. The molecule has 0 aromatic carbocycles. The summed E-state index contributed by atoms with van der Waals surface area (Å²) in [7, 11) is 1.65. The maximum Gasteiger partial charge on any atom is 0.164 e. The standard InChI is InChI=1S/C19H22FN7O/c1-28-16-10-27-19(26-18(16)11-2-3-11)12(6-23-27)14-7-22-9-17(24-14)25-15-8-21-5-4-13(15)20/h6-7,9-11,13,15,21H,2-5,8H2,1H3,(H,24,25). The maximum atomic E-state index is 14.1. The largest absolute Gasteiger partial charge is 0.493 e. The average molecular weight is 383 g/mol. The van der Waals surface area contributed by atoms with Crippen molar-refractivity contribution in [1.29, 1.82) is 0 Å². The highest BCUT2D eigenvalue weighted by Gasteiger charge is 2.30. The Labute approximate surface area is 161 Å². The molecular formula is C19H22FN7O. The number of nitrogens with zero attached hydrogens (tertiary/aromatic N) is 5. The van der Waals surface area contributed by atoms with E-state index in [4.69, 9.17) is 9.72 Å². The fraction of sp³-hybridized carbons (Fsp3) is 0.474. The van der Waals surface area contributed by atoms with Gasteiger partial charge >= 0.3 is 0 Å². The summed E-state index contributed by atoms with van der Waals surface area (Å²) in [5.74, 6) is 1.75. The highest BCUT2D eigenvalue weighted by atomic mass is 19.1. The first-order chi connectivity index (χ1) is 13.7. The summed E-state index contributed by atoms with van der Waals surface area (Å²) in [6.45, 7) is 1.27. The number of aromatic nitrogens is 5. The fourth-order valence-electron chi connectivity index (χ4n) is 3.62. The van der Waals surface area contributed by atoms with Crippen LogP contribution in [0.15, 0.2) is 24.8 Å². The van der Waals surface area contributed by atoms with Gasteiger partial charge in [-0.05, 0) is 25.8 Å². The molecule has 0 spiro atoms. The van der Waals surface area contributed by atoms with Crippen LogP contribution in [0.1, 0.15) is 30.9 Å². The number of fused-ring (bicyclic) bond motifs is 1. The Bertz CT molecular complexity index is 1000. The van der Waals surface area contributed by atoms with Gasteiger partial charge in [-0.25, -0.2) is 18.9 Å². The van der Waals surface area contributed by atoms with Gasteiger partial charge in [0, 0.05) is 12.5 Å². The monoisotopic (exact) mass is 383 g/mol. The van der Waals surface area contributed by atoms with E-state index in [0.29, 0.717) is 36.9 Å². The summed E-state index contributed by atoms with van der Waals surface area (Å²) in [5, 5.41) is 10.8. The lowest BCUT2D eigenvalue weighted by Gasteiger charge is -2.27. The summed E-state index contributed by atoms with van der Waals surface area (Å²) >= 11 is 0. The van der Waals surface area contributed by atoms with Crippen molar-refractivity contribution in [3.63, 3.8) is 0 Å². The molecule has 9 heteroatoms. The third kappa shape index (κ3) is 3.15. The van der Waals surface area contributed by atoms with Crippen molar-refractivity contribution in [3.8, 4) is 17.0 Å². The zero-order valence-electron chi connectivity index (χ0n) is 15.6. The molecule has 1 saturated heterocycles. The number of ether oxygens (including phenoxy) is 1. The lowest BCUT2D eigenvalue weighted by Crippen LogP contribution is -2.46. The van der Waals surface area contributed by atoms with Gasteiger partial charge in [-0.2, -0.15) is 5.10 Å². The number of rotatable bonds is 5. The maximum absolute atomic E-state index is 14.1. The summed E-state index contributed by atoms with van der Waals surface area (Å²) in [6, 6.07) is -0.314. The van der Waals surface area contributed by atoms with Crippen molar-refractivity contribution in [3.05, 3.63) is 30.5 Å². The first-order valence-electron chi connectivity index (χ1n) is 9.59. The lowest BCUT2D eigenvalue weighted by molar-refractivity contribution is 0.241. The molecule has 1 aliphatic carbocycles. The van der Waals surface area contributed by atoms with E-state index in [-0.39, 0.29) is 6.04 Å². The SMILES string of the molecule is COc1cn2ncc(-c3cncc(NC4CNCCC4F)n3)c2nc1C1CC1. The van der Waals surface area contributed by atoms with Crippen LogP contribution in [-0.2, 0) is 0 Å². The molecule has 0 radical (unpaired) electrons. The molecule has 2 atom stereocenters. The molecule has 2 unspecified atom stereocenters. The van der Waals surface area contributed by atoms with Gasteiger partial charge in [-0.3, -0.25) is 4.98 Å². The molecule has 3 aromatic heterocycles. The van der Waals surface area contributed by atoms with Gasteiger partial charge < -0.3 is 15.4 Å². The minimum atomic E-state index is -0.904. The van der Waals surface area contributed by atoms with Crippen molar-refractivity contribution in [1.82, 2.24) is 29.9 Å². The second-order valence-corrected chi connectivity index (χ2v) is 7.34. The number of hydrogen-bond acceptors (Lipinski definition) is 7. The Morgan fingerprint density at radius 1 is 1.21 bits per heavy atom. The highest BCUT2D eigenvalue weighted by Crippen LogP contribution is 2.43. The van der Waals surface area contributed by atoms with Crippen molar-refractivity contribution in [2.45, 2.75) is 37.4 Å². The molecule has 5 rings (SSSR count). The Morgan fingerprint density at radius 2 is 2.11 bits per heavy atom. The van der Waals surface area contributed by atoms with Crippen LogP contribution in [0, 0.1) is 0 Å². The van der Waals surface area contributed by atoms with E-state index < -0.39 is 6.17 Å². The smallest absolute Gasteiger partial charge is 0.164 e.